The van der Waals surface area contributed by atoms with Crippen molar-refractivity contribution in [3.63, 3.8) is 0 Å². The van der Waals surface area contributed by atoms with Crippen molar-refractivity contribution in [1.29, 1.82) is 5.26 Å². The molecule has 0 aliphatic heterocycles. The van der Waals surface area contributed by atoms with Crippen LogP contribution in [0.25, 0.3) is 0 Å². The molecule has 6 nitrogen and oxygen atoms in total. The molecule has 0 fully saturated rings. The molecular weight excluding hydrogens is 222 g/mol. The van der Waals surface area contributed by atoms with Crippen LogP contribution in [0.4, 0.5) is 4.79 Å². The third-order valence-corrected chi connectivity index (χ3v) is 2.39. The first-order valence-electron chi connectivity index (χ1n) is 5.64. The number of hydrogen-bond donors (Lipinski definition) is 2. The molecule has 0 saturated carbocycles. The van der Waals surface area contributed by atoms with Gasteiger partial charge in [0.1, 0.15) is 6.04 Å². The lowest BCUT2D eigenvalue weighted by molar-refractivity contribution is -0.139. The van der Waals surface area contributed by atoms with E-state index in [1.165, 1.54) is 4.90 Å². The Kier molecular flexibility index (Phi) is 6.71. The van der Waals surface area contributed by atoms with Gasteiger partial charge in [0.05, 0.1) is 12.0 Å². The van der Waals surface area contributed by atoms with E-state index in [-0.39, 0.29) is 5.92 Å². The zero-order valence-corrected chi connectivity index (χ0v) is 10.4. The zero-order valence-electron chi connectivity index (χ0n) is 10.4. The van der Waals surface area contributed by atoms with Gasteiger partial charge in [-0.1, -0.05) is 6.92 Å². The number of hydrogen-bond acceptors (Lipinski definition) is 3. The highest BCUT2D eigenvalue weighted by Gasteiger charge is 2.21. The van der Waals surface area contributed by atoms with Crippen molar-refractivity contribution in [3.05, 3.63) is 0 Å². The van der Waals surface area contributed by atoms with Gasteiger partial charge in [0, 0.05) is 13.1 Å². The standard InChI is InChI=1S/C11H19N3O3/c1-4-9(10(15)16)13-11(17)14(5-2)7-8(3)6-12/h8-9H,4-5,7H2,1-3H3,(H,13,17)(H,15,16). The smallest absolute Gasteiger partial charge is 0.326 e. The van der Waals surface area contributed by atoms with E-state index in [4.69, 9.17) is 10.4 Å². The summed E-state index contributed by atoms with van der Waals surface area (Å²) in [6.45, 7) is 5.92. The molecule has 0 aromatic carbocycles. The van der Waals surface area contributed by atoms with Crippen LogP contribution in [0.15, 0.2) is 0 Å². The minimum absolute atomic E-state index is 0.273. The van der Waals surface area contributed by atoms with Crippen molar-refractivity contribution in [1.82, 2.24) is 10.2 Å². The van der Waals surface area contributed by atoms with Gasteiger partial charge in [-0.2, -0.15) is 5.26 Å². The Hall–Kier alpha value is -1.77. The van der Waals surface area contributed by atoms with Crippen LogP contribution in [0.5, 0.6) is 0 Å². The van der Waals surface area contributed by atoms with E-state index in [0.29, 0.717) is 19.5 Å². The maximum Gasteiger partial charge on any atom is 0.326 e. The molecule has 0 spiro atoms. The molecule has 0 heterocycles. The molecule has 0 bridgehead atoms. The van der Waals surface area contributed by atoms with Gasteiger partial charge < -0.3 is 15.3 Å². The average Bonchev–Trinajstić information content (AvgIpc) is 2.31. The SMILES string of the molecule is CCC(NC(=O)N(CC)CC(C)C#N)C(=O)O. The highest BCUT2D eigenvalue weighted by atomic mass is 16.4. The van der Waals surface area contributed by atoms with E-state index in [9.17, 15) is 9.59 Å². The fourth-order valence-corrected chi connectivity index (χ4v) is 1.31. The molecule has 2 unspecified atom stereocenters. The van der Waals surface area contributed by atoms with Gasteiger partial charge in [0.2, 0.25) is 0 Å². The number of nitrogens with zero attached hydrogens (tertiary/aromatic N) is 2. The largest absolute Gasteiger partial charge is 0.480 e. The molecule has 0 aliphatic carbocycles. The van der Waals surface area contributed by atoms with E-state index in [0.717, 1.165) is 0 Å². The molecule has 0 aromatic heterocycles. The molecule has 2 amide bonds. The van der Waals surface area contributed by atoms with Crippen molar-refractivity contribution >= 4 is 12.0 Å². The molecule has 0 aliphatic rings. The van der Waals surface area contributed by atoms with Crippen molar-refractivity contribution in [2.45, 2.75) is 33.2 Å². The number of rotatable bonds is 6. The lowest BCUT2D eigenvalue weighted by atomic mass is 10.2. The first-order chi connectivity index (χ1) is 7.96. The third kappa shape index (κ3) is 5.20. The molecule has 2 atom stereocenters. The third-order valence-electron chi connectivity index (χ3n) is 2.39. The summed E-state index contributed by atoms with van der Waals surface area (Å²) in [4.78, 5) is 23.9. The van der Waals surface area contributed by atoms with Crippen molar-refractivity contribution in [2.75, 3.05) is 13.1 Å². The van der Waals surface area contributed by atoms with Crippen LogP contribution in [0.2, 0.25) is 0 Å². The number of aliphatic carboxylic acids is 1. The molecule has 2 N–H and O–H groups in total. The predicted octanol–water partition coefficient (Wildman–Crippen LogP) is 1.04. The average molecular weight is 241 g/mol. The molecule has 0 radical (unpaired) electrons. The number of carbonyl (C=O) groups is 2. The topological polar surface area (TPSA) is 93.4 Å². The van der Waals surface area contributed by atoms with Crippen LogP contribution >= 0.6 is 0 Å². The minimum atomic E-state index is -1.05. The van der Waals surface area contributed by atoms with Gasteiger partial charge in [0.15, 0.2) is 0 Å². The fraction of sp³-hybridized carbons (Fsp3) is 0.727. The number of carboxylic acid groups (broad SMARTS) is 1. The maximum absolute atomic E-state index is 11.7. The first-order valence-corrected chi connectivity index (χ1v) is 5.64. The Labute approximate surface area is 101 Å². The second-order valence-corrected chi connectivity index (χ2v) is 3.82. The Morgan fingerprint density at radius 1 is 1.47 bits per heavy atom. The molecule has 0 rings (SSSR count). The Morgan fingerprint density at radius 2 is 2.06 bits per heavy atom. The van der Waals surface area contributed by atoms with Crippen LogP contribution in [0, 0.1) is 17.2 Å². The van der Waals surface area contributed by atoms with Crippen molar-refractivity contribution in [2.24, 2.45) is 5.92 Å². The van der Waals surface area contributed by atoms with E-state index < -0.39 is 18.0 Å². The monoisotopic (exact) mass is 241 g/mol. The minimum Gasteiger partial charge on any atom is -0.480 e. The van der Waals surface area contributed by atoms with Crippen LogP contribution < -0.4 is 5.32 Å². The second-order valence-electron chi connectivity index (χ2n) is 3.82. The lowest BCUT2D eigenvalue weighted by Crippen LogP contribution is -2.48. The number of urea groups is 1. The quantitative estimate of drug-likeness (QED) is 0.726. The van der Waals surface area contributed by atoms with E-state index in [1.807, 2.05) is 6.07 Å². The van der Waals surface area contributed by atoms with Gasteiger partial charge in [-0.15, -0.1) is 0 Å². The van der Waals surface area contributed by atoms with Gasteiger partial charge in [-0.3, -0.25) is 0 Å². The Balaban J connectivity index is 4.45. The number of nitriles is 1. The number of nitrogens with one attached hydrogen (secondary N) is 1. The summed E-state index contributed by atoms with van der Waals surface area (Å²) >= 11 is 0. The van der Waals surface area contributed by atoms with E-state index >= 15 is 0 Å². The highest BCUT2D eigenvalue weighted by molar-refractivity contribution is 5.82. The van der Waals surface area contributed by atoms with Gasteiger partial charge in [-0.25, -0.2) is 9.59 Å². The highest BCUT2D eigenvalue weighted by Crippen LogP contribution is 2.00. The summed E-state index contributed by atoms with van der Waals surface area (Å²) < 4.78 is 0. The summed E-state index contributed by atoms with van der Waals surface area (Å²) in [5.41, 5.74) is 0. The molecule has 6 heteroatoms. The molecule has 0 aromatic rings. The summed E-state index contributed by atoms with van der Waals surface area (Å²) in [5.74, 6) is -1.32. The molecule has 17 heavy (non-hydrogen) atoms. The second kappa shape index (κ2) is 7.49. The fourth-order valence-electron chi connectivity index (χ4n) is 1.31. The molecule has 96 valence electrons. The summed E-state index contributed by atoms with van der Waals surface area (Å²) in [5, 5.41) is 19.9. The van der Waals surface area contributed by atoms with Crippen LogP contribution in [-0.4, -0.2) is 41.1 Å². The summed E-state index contributed by atoms with van der Waals surface area (Å²) in [6.07, 6.45) is 0.326. The van der Waals surface area contributed by atoms with Crippen LogP contribution in [0.1, 0.15) is 27.2 Å². The van der Waals surface area contributed by atoms with E-state index in [2.05, 4.69) is 5.32 Å². The van der Waals surface area contributed by atoms with E-state index in [1.54, 1.807) is 20.8 Å². The zero-order chi connectivity index (χ0) is 13.4. The Bertz CT molecular complexity index is 312. The Morgan fingerprint density at radius 3 is 2.41 bits per heavy atom. The van der Waals surface area contributed by atoms with Crippen molar-refractivity contribution in [3.8, 4) is 6.07 Å². The normalized spacial score (nSPS) is 13.3. The van der Waals surface area contributed by atoms with Crippen molar-refractivity contribution < 1.29 is 14.7 Å². The van der Waals surface area contributed by atoms with Gasteiger partial charge in [-0.05, 0) is 20.3 Å². The first kappa shape index (κ1) is 15.2. The maximum atomic E-state index is 11.7. The lowest BCUT2D eigenvalue weighted by Gasteiger charge is -2.24. The summed E-state index contributed by atoms with van der Waals surface area (Å²) in [6, 6.07) is 0.715. The predicted molar refractivity (Wildman–Crippen MR) is 62.3 cm³/mol. The van der Waals surface area contributed by atoms with Gasteiger partial charge >= 0.3 is 12.0 Å². The number of carbonyl (C=O) groups excluding carboxylic acids is 1. The van der Waals surface area contributed by atoms with Crippen LogP contribution in [0.3, 0.4) is 0 Å². The summed E-state index contributed by atoms with van der Waals surface area (Å²) in [7, 11) is 0. The molecule has 0 saturated heterocycles. The van der Waals surface area contributed by atoms with Gasteiger partial charge in [0.25, 0.3) is 0 Å². The molecular formula is C11H19N3O3. The number of carboxylic acids is 1. The van der Waals surface area contributed by atoms with Crippen LogP contribution in [-0.2, 0) is 4.79 Å². The number of amides is 2.